The molecule has 8 heteroatoms. The molecule has 0 unspecified atom stereocenters. The van der Waals surface area contributed by atoms with Crippen LogP contribution in [0.15, 0.2) is 54.4 Å². The number of ketones is 1. The Kier molecular flexibility index (Phi) is 5.54. The van der Waals surface area contributed by atoms with Crippen LogP contribution in [0.4, 0.5) is 11.4 Å². The molecule has 0 atom stereocenters. The van der Waals surface area contributed by atoms with Gasteiger partial charge in [-0.3, -0.25) is 15.0 Å². The smallest absolute Gasteiger partial charge is 0.262 e. The molecule has 2 heterocycles. The molecule has 2 N–H and O–H groups in total. The van der Waals surface area contributed by atoms with Gasteiger partial charge in [-0.15, -0.1) is 0 Å². The maximum Gasteiger partial charge on any atom is 0.262 e. The number of aromatic nitrogens is 1. The summed E-state index contributed by atoms with van der Waals surface area (Å²) in [6.45, 7) is -0.0742. The summed E-state index contributed by atoms with van der Waals surface area (Å²) in [5.74, 6) is 1.81. The number of pyridine rings is 1. The number of nitriles is 1. The number of carbonyl (C=O) groups excluding carboxylic acids is 2. The molecule has 0 fully saturated rings. The summed E-state index contributed by atoms with van der Waals surface area (Å²) in [6, 6.07) is 10.2. The zero-order valence-corrected chi connectivity index (χ0v) is 15.9. The zero-order valence-electron chi connectivity index (χ0n) is 15.9. The van der Waals surface area contributed by atoms with Crippen molar-refractivity contribution in [3.8, 4) is 11.8 Å². The monoisotopic (exact) mass is 388 g/mol. The Morgan fingerprint density at radius 1 is 1.31 bits per heavy atom. The van der Waals surface area contributed by atoms with Gasteiger partial charge in [0.25, 0.3) is 17.4 Å². The van der Waals surface area contributed by atoms with Gasteiger partial charge < -0.3 is 15.0 Å². The molecular weight excluding hydrogens is 370 g/mol. The quantitative estimate of drug-likeness (QED) is 0.203. The van der Waals surface area contributed by atoms with Crippen molar-refractivity contribution in [1.29, 1.82) is 10.7 Å². The van der Waals surface area contributed by atoms with Crippen LogP contribution in [0, 0.1) is 16.7 Å². The Labute approximate surface area is 167 Å². The first-order valence-electron chi connectivity index (χ1n) is 8.65. The first-order chi connectivity index (χ1) is 13.9. The lowest BCUT2D eigenvalue weighted by Gasteiger charge is -2.18. The number of nitrogens with one attached hydrogen (secondary N) is 2. The summed E-state index contributed by atoms with van der Waals surface area (Å²) < 4.78 is 6.89. The topological polar surface area (TPSA) is 110 Å². The number of carbonyl (C=O) groups is 2. The Morgan fingerprint density at radius 3 is 2.66 bits per heavy atom. The largest absolute Gasteiger partial charge is 0.482 e. The summed E-state index contributed by atoms with van der Waals surface area (Å²) >= 11 is 0. The normalized spacial score (nSPS) is 12.6. The minimum Gasteiger partial charge on any atom is -0.482 e. The molecule has 0 saturated heterocycles. The second-order valence-corrected chi connectivity index (χ2v) is 6.42. The van der Waals surface area contributed by atoms with Gasteiger partial charge in [-0.1, -0.05) is 0 Å². The second kappa shape index (κ2) is 8.21. The lowest BCUT2D eigenvalue weighted by molar-refractivity contribution is -0.576. The standard InChI is InChI=1S/C21H17N5O3/c1-25(2)16-5-7-26(8-6-16)18(9-14(11-22)12-23)21(28)15-3-4-19-17(10-15)24-20(27)13-29-19/h3-10,22H,13H2,1-2H3/p+1. The molecule has 0 bridgehead atoms. The molecule has 1 aromatic carbocycles. The van der Waals surface area contributed by atoms with Gasteiger partial charge in [0, 0.05) is 43.6 Å². The molecule has 29 heavy (non-hydrogen) atoms. The number of Topliss-reactive ketones (excluding diaryl/α,β-unsaturated/α-hetero) is 1. The number of ether oxygens (including phenoxy) is 1. The molecular formula is C21H18N5O3+. The average molecular weight is 388 g/mol. The highest BCUT2D eigenvalue weighted by molar-refractivity contribution is 6.22. The molecule has 0 spiro atoms. The van der Waals surface area contributed by atoms with Gasteiger partial charge in [-0.2, -0.15) is 9.83 Å². The van der Waals surface area contributed by atoms with E-state index in [9.17, 15) is 14.9 Å². The summed E-state index contributed by atoms with van der Waals surface area (Å²) in [7, 11) is 3.80. The van der Waals surface area contributed by atoms with Gasteiger partial charge in [0.15, 0.2) is 19.0 Å². The lowest BCUT2D eigenvalue weighted by atomic mass is 10.0. The van der Waals surface area contributed by atoms with Gasteiger partial charge in [-0.05, 0) is 24.1 Å². The number of nitrogens with zero attached hydrogens (tertiary/aromatic N) is 3. The number of fused-ring (bicyclic) bond motifs is 1. The van der Waals surface area contributed by atoms with Crippen LogP contribution in [-0.4, -0.2) is 38.3 Å². The molecule has 0 radical (unpaired) electrons. The number of allylic oxidation sites excluding steroid dienone is 3. The first kappa shape index (κ1) is 19.5. The number of hydrogen-bond donors (Lipinski definition) is 2. The van der Waals surface area contributed by atoms with E-state index in [-0.39, 0.29) is 23.8 Å². The van der Waals surface area contributed by atoms with Crippen molar-refractivity contribution < 1.29 is 18.9 Å². The second-order valence-electron chi connectivity index (χ2n) is 6.42. The Hall–Kier alpha value is -4.21. The Morgan fingerprint density at radius 2 is 2.03 bits per heavy atom. The van der Waals surface area contributed by atoms with Crippen LogP contribution in [0.25, 0.3) is 5.70 Å². The van der Waals surface area contributed by atoms with Gasteiger partial charge in [-0.25, -0.2) is 0 Å². The number of benzene rings is 1. The van der Waals surface area contributed by atoms with E-state index in [0.29, 0.717) is 17.0 Å². The van der Waals surface area contributed by atoms with E-state index in [4.69, 9.17) is 10.1 Å². The van der Waals surface area contributed by atoms with E-state index < -0.39 is 5.78 Å². The van der Waals surface area contributed by atoms with Crippen molar-refractivity contribution in [3.63, 3.8) is 0 Å². The van der Waals surface area contributed by atoms with Crippen molar-refractivity contribution in [2.45, 2.75) is 0 Å². The van der Waals surface area contributed by atoms with Crippen LogP contribution < -0.4 is 19.5 Å². The minimum absolute atomic E-state index is 0.0742. The number of anilines is 2. The summed E-state index contributed by atoms with van der Waals surface area (Å²) in [5, 5.41) is 19.1. The SMILES string of the molecule is CN(C)c1cc[n+](C(=CC(=C=N)C#N)C(=O)c2ccc3c(c2)NC(=O)CO3)cc1. The highest BCUT2D eigenvalue weighted by Gasteiger charge is 2.25. The molecule has 1 aliphatic heterocycles. The fraction of sp³-hybridized carbons (Fsp3) is 0.143. The van der Waals surface area contributed by atoms with Crippen LogP contribution in [0.2, 0.25) is 0 Å². The van der Waals surface area contributed by atoms with Crippen LogP contribution in [0.3, 0.4) is 0 Å². The first-order valence-corrected chi connectivity index (χ1v) is 8.65. The maximum absolute atomic E-state index is 13.2. The molecule has 2 aromatic rings. The number of rotatable bonds is 5. The van der Waals surface area contributed by atoms with E-state index in [1.165, 1.54) is 12.1 Å². The average Bonchev–Trinajstić information content (AvgIpc) is 2.73. The van der Waals surface area contributed by atoms with E-state index in [1.807, 2.05) is 43.1 Å². The zero-order chi connectivity index (χ0) is 21.0. The van der Waals surface area contributed by atoms with Crippen LogP contribution in [0.1, 0.15) is 10.4 Å². The minimum atomic E-state index is -0.391. The van der Waals surface area contributed by atoms with Crippen molar-refractivity contribution in [2.24, 2.45) is 0 Å². The van der Waals surface area contributed by atoms with Crippen LogP contribution in [0.5, 0.6) is 5.75 Å². The van der Waals surface area contributed by atoms with E-state index in [0.717, 1.165) is 5.69 Å². The lowest BCUT2D eigenvalue weighted by Crippen LogP contribution is -2.36. The number of amides is 1. The van der Waals surface area contributed by atoms with Crippen LogP contribution in [-0.2, 0) is 4.79 Å². The van der Waals surface area contributed by atoms with Gasteiger partial charge >= 0.3 is 0 Å². The highest BCUT2D eigenvalue weighted by Crippen LogP contribution is 2.29. The Balaban J connectivity index is 2.06. The third kappa shape index (κ3) is 4.21. The molecule has 0 aliphatic carbocycles. The number of hydrogen-bond acceptors (Lipinski definition) is 6. The highest BCUT2D eigenvalue weighted by atomic mass is 16.5. The molecule has 1 aliphatic rings. The summed E-state index contributed by atoms with van der Waals surface area (Å²) in [4.78, 5) is 26.7. The fourth-order valence-corrected chi connectivity index (χ4v) is 2.74. The molecule has 3 rings (SSSR count). The van der Waals surface area contributed by atoms with Crippen molar-refractivity contribution in [3.05, 3.63) is 59.9 Å². The maximum atomic E-state index is 13.2. The third-order valence-corrected chi connectivity index (χ3v) is 4.25. The third-order valence-electron chi connectivity index (χ3n) is 4.25. The fourth-order valence-electron chi connectivity index (χ4n) is 2.74. The van der Waals surface area contributed by atoms with E-state index in [1.54, 1.807) is 29.1 Å². The Bertz CT molecular complexity index is 1100. The molecule has 8 nitrogen and oxygen atoms in total. The molecule has 144 valence electrons. The predicted octanol–water partition coefficient (Wildman–Crippen LogP) is 1.79. The molecule has 1 amide bonds. The molecule has 1 aromatic heterocycles. The van der Waals surface area contributed by atoms with Crippen molar-refractivity contribution in [2.75, 3.05) is 30.9 Å². The van der Waals surface area contributed by atoms with Gasteiger partial charge in [0.2, 0.25) is 0 Å². The van der Waals surface area contributed by atoms with Crippen molar-refractivity contribution in [1.82, 2.24) is 0 Å². The van der Waals surface area contributed by atoms with Crippen molar-refractivity contribution >= 4 is 34.6 Å². The van der Waals surface area contributed by atoms with Gasteiger partial charge in [0.1, 0.15) is 17.4 Å². The summed E-state index contributed by atoms with van der Waals surface area (Å²) in [6.07, 6.45) is 4.70. The van der Waals surface area contributed by atoms with E-state index in [2.05, 4.69) is 5.32 Å². The van der Waals surface area contributed by atoms with E-state index >= 15 is 0 Å². The van der Waals surface area contributed by atoms with Crippen LogP contribution >= 0.6 is 0 Å². The van der Waals surface area contributed by atoms with Gasteiger partial charge in [0.05, 0.1) is 5.69 Å². The summed E-state index contributed by atoms with van der Waals surface area (Å²) in [5.41, 5.74) is 1.71. The molecule has 0 saturated carbocycles. The predicted molar refractivity (Wildman–Crippen MR) is 107 cm³/mol.